The Morgan fingerprint density at radius 3 is 2.48 bits per heavy atom. The first-order valence-corrected chi connectivity index (χ1v) is 16.8. The second-order valence-corrected chi connectivity index (χ2v) is 13.9. The van der Waals surface area contributed by atoms with E-state index >= 15 is 0 Å². The van der Waals surface area contributed by atoms with Crippen molar-refractivity contribution in [3.63, 3.8) is 0 Å². The lowest BCUT2D eigenvalue weighted by atomic mass is 9.89. The molecule has 0 radical (unpaired) electrons. The summed E-state index contributed by atoms with van der Waals surface area (Å²) in [6, 6.07) is 13.5. The van der Waals surface area contributed by atoms with Crippen LogP contribution in [0.5, 0.6) is 0 Å². The maximum Gasteiger partial charge on any atom is 0.419 e. The van der Waals surface area contributed by atoms with Crippen LogP contribution in [-0.4, -0.2) is 83.9 Å². The number of carbonyl (C=O) groups excluding carboxylic acids is 2. The number of nitrogens with zero attached hydrogens (tertiary/aromatic N) is 7. The number of aromatic nitrogens is 4. The molecule has 7 rings (SSSR count). The molecule has 1 unspecified atom stereocenters. The first-order chi connectivity index (χ1) is 23.0. The molecule has 2 aromatic carbocycles. The summed E-state index contributed by atoms with van der Waals surface area (Å²) in [5.41, 5.74) is 2.36. The molecule has 1 atom stereocenters. The maximum atomic E-state index is 13.3. The summed E-state index contributed by atoms with van der Waals surface area (Å²) >= 11 is 0. The highest BCUT2D eigenvalue weighted by Gasteiger charge is 2.34. The van der Waals surface area contributed by atoms with Crippen molar-refractivity contribution in [3.05, 3.63) is 71.5 Å². The fourth-order valence-electron chi connectivity index (χ4n) is 6.46. The molecule has 0 saturated carbocycles. The van der Waals surface area contributed by atoms with Gasteiger partial charge in [0.05, 0.1) is 22.0 Å². The third-order valence-corrected chi connectivity index (χ3v) is 10.6. The highest BCUT2D eigenvalue weighted by molar-refractivity contribution is 7.82. The van der Waals surface area contributed by atoms with Crippen LogP contribution in [0.25, 0.3) is 10.9 Å². The van der Waals surface area contributed by atoms with Gasteiger partial charge in [0.15, 0.2) is 5.82 Å². The van der Waals surface area contributed by atoms with E-state index in [9.17, 15) is 27.0 Å². The molecule has 3 amide bonds. The number of imide groups is 1. The number of aryl methyl sites for hydroxylation is 1. The molecular formula is C32H34F3N9O3S. The number of anilines is 2. The predicted molar refractivity (Wildman–Crippen MR) is 172 cm³/mol. The first kappa shape index (κ1) is 32.2. The van der Waals surface area contributed by atoms with Gasteiger partial charge in [0, 0.05) is 57.4 Å². The van der Waals surface area contributed by atoms with Crippen LogP contribution >= 0.6 is 0 Å². The Morgan fingerprint density at radius 1 is 1.02 bits per heavy atom. The molecule has 0 spiro atoms. The Kier molecular flexibility index (Phi) is 8.64. The molecule has 3 aliphatic rings. The minimum absolute atomic E-state index is 0.110. The average molecular weight is 682 g/mol. The SMILES string of the molecule is Cn1nc(N2CCC(=O)NC2=O)c2ccc(C3CCN(Cc4cccc(S(=O)N5CC(Nc6ncc(C(F)(F)F)cn6)C5)c4)CC3)cc21. The summed E-state index contributed by atoms with van der Waals surface area (Å²) in [7, 11) is 0.501. The molecule has 0 bridgehead atoms. The third-order valence-electron chi connectivity index (χ3n) is 9.13. The second kappa shape index (κ2) is 12.9. The van der Waals surface area contributed by atoms with E-state index in [0.717, 1.165) is 61.3 Å². The Morgan fingerprint density at radius 2 is 1.77 bits per heavy atom. The Bertz CT molecular complexity index is 1870. The fraction of sp³-hybridized carbons (Fsp3) is 0.406. The van der Waals surface area contributed by atoms with E-state index in [2.05, 4.69) is 42.7 Å². The van der Waals surface area contributed by atoms with Gasteiger partial charge in [-0.25, -0.2) is 23.3 Å². The highest BCUT2D eigenvalue weighted by atomic mass is 32.2. The zero-order chi connectivity index (χ0) is 33.6. The smallest absolute Gasteiger partial charge is 0.349 e. The van der Waals surface area contributed by atoms with Gasteiger partial charge in [-0.15, -0.1) is 0 Å². The van der Waals surface area contributed by atoms with E-state index in [0.29, 0.717) is 36.3 Å². The van der Waals surface area contributed by atoms with Gasteiger partial charge in [-0.3, -0.25) is 24.6 Å². The molecule has 0 aliphatic carbocycles. The number of halogens is 3. The van der Waals surface area contributed by atoms with E-state index in [1.165, 1.54) is 10.5 Å². The monoisotopic (exact) mass is 681 g/mol. The second-order valence-electron chi connectivity index (χ2n) is 12.4. The number of fused-ring (bicyclic) bond motifs is 1. The van der Waals surface area contributed by atoms with Crippen LogP contribution in [0.2, 0.25) is 0 Å². The standard InChI is InChI=1S/C32H34F3N9O3S/c1-41-27-14-22(5-6-26(27)29(40-41)44-12-9-28(45)39-31(44)46)21-7-10-42(11-8-21)17-20-3-2-4-25(13-20)48(47)43-18-24(19-43)38-30-36-15-23(16-37-30)32(33,34)35/h2-6,13-16,21,24H,7-12,17-19H2,1H3,(H,36,37,38)(H,39,45,46). The van der Waals surface area contributed by atoms with E-state index in [1.807, 2.05) is 37.4 Å². The van der Waals surface area contributed by atoms with Crippen molar-refractivity contribution in [2.45, 2.75) is 48.8 Å². The number of nitrogens with one attached hydrogen (secondary N) is 2. The van der Waals surface area contributed by atoms with Crippen molar-refractivity contribution in [3.8, 4) is 0 Å². The largest absolute Gasteiger partial charge is 0.419 e. The summed E-state index contributed by atoms with van der Waals surface area (Å²) in [6.07, 6.45) is -0.768. The van der Waals surface area contributed by atoms with Crippen LogP contribution in [0, 0.1) is 0 Å². The summed E-state index contributed by atoms with van der Waals surface area (Å²) in [6.45, 7) is 3.79. The van der Waals surface area contributed by atoms with Gasteiger partial charge in [-0.1, -0.05) is 18.2 Å². The van der Waals surface area contributed by atoms with Crippen LogP contribution in [0.1, 0.15) is 41.9 Å². The van der Waals surface area contributed by atoms with Crippen LogP contribution in [0.4, 0.5) is 29.7 Å². The first-order valence-electron chi connectivity index (χ1n) is 15.7. The fourth-order valence-corrected chi connectivity index (χ4v) is 7.83. The van der Waals surface area contributed by atoms with Gasteiger partial charge in [0.25, 0.3) is 0 Å². The summed E-state index contributed by atoms with van der Waals surface area (Å²) in [5.74, 6) is 0.778. The van der Waals surface area contributed by atoms with Crippen molar-refractivity contribution in [2.75, 3.05) is 42.9 Å². The van der Waals surface area contributed by atoms with Crippen molar-refractivity contribution in [2.24, 2.45) is 7.05 Å². The molecule has 2 aromatic heterocycles. The zero-order valence-electron chi connectivity index (χ0n) is 26.1. The van der Waals surface area contributed by atoms with Gasteiger partial charge in [0.1, 0.15) is 11.0 Å². The molecule has 4 aromatic rings. The van der Waals surface area contributed by atoms with Crippen molar-refractivity contribution in [1.82, 2.24) is 34.3 Å². The lowest BCUT2D eigenvalue weighted by Gasteiger charge is -2.38. The topological polar surface area (TPSA) is 129 Å². The normalized spacial score (nSPS) is 19.4. The van der Waals surface area contributed by atoms with Gasteiger partial charge >= 0.3 is 12.2 Å². The van der Waals surface area contributed by atoms with Crippen molar-refractivity contribution < 1.29 is 27.0 Å². The maximum absolute atomic E-state index is 13.3. The lowest BCUT2D eigenvalue weighted by Crippen LogP contribution is -2.55. The number of alkyl halides is 3. The minimum atomic E-state index is -4.49. The number of benzene rings is 2. The Labute approximate surface area is 276 Å². The Hall–Kier alpha value is -4.41. The van der Waals surface area contributed by atoms with Crippen molar-refractivity contribution in [1.29, 1.82) is 0 Å². The van der Waals surface area contributed by atoms with Crippen LogP contribution < -0.4 is 15.5 Å². The molecule has 3 aliphatic heterocycles. The molecule has 252 valence electrons. The van der Waals surface area contributed by atoms with Gasteiger partial charge in [0.2, 0.25) is 11.9 Å². The average Bonchev–Trinajstić information content (AvgIpc) is 3.37. The van der Waals surface area contributed by atoms with E-state index < -0.39 is 28.8 Å². The number of rotatable bonds is 8. The molecule has 16 heteroatoms. The number of piperidine rings is 1. The molecule has 12 nitrogen and oxygen atoms in total. The van der Waals surface area contributed by atoms with Crippen LogP contribution in [0.3, 0.4) is 0 Å². The number of urea groups is 1. The predicted octanol–water partition coefficient (Wildman–Crippen LogP) is 4.03. The van der Waals surface area contributed by atoms with E-state index in [-0.39, 0.29) is 24.3 Å². The molecule has 5 heterocycles. The zero-order valence-corrected chi connectivity index (χ0v) is 26.9. The third kappa shape index (κ3) is 6.64. The summed E-state index contributed by atoms with van der Waals surface area (Å²) < 4.78 is 55.1. The molecule has 3 saturated heterocycles. The number of likely N-dealkylation sites (tertiary alicyclic amines) is 1. The van der Waals surface area contributed by atoms with Crippen LogP contribution in [0.15, 0.2) is 59.8 Å². The van der Waals surface area contributed by atoms with Crippen molar-refractivity contribution >= 4 is 45.6 Å². The van der Waals surface area contributed by atoms with Gasteiger partial charge in [-0.05, 0) is 67.2 Å². The molecule has 2 N–H and O–H groups in total. The number of hydrogen-bond acceptors (Lipinski definition) is 8. The van der Waals surface area contributed by atoms with E-state index in [4.69, 9.17) is 0 Å². The van der Waals surface area contributed by atoms with E-state index in [1.54, 1.807) is 8.99 Å². The number of hydrogen-bond donors (Lipinski definition) is 2. The number of amides is 3. The number of carbonyl (C=O) groups is 2. The van der Waals surface area contributed by atoms with Crippen LogP contribution in [-0.2, 0) is 35.5 Å². The summed E-state index contributed by atoms with van der Waals surface area (Å²) in [5, 5.41) is 10.8. The lowest BCUT2D eigenvalue weighted by molar-refractivity contribution is -0.138. The quantitative estimate of drug-likeness (QED) is 0.286. The Balaban J connectivity index is 0.915. The highest BCUT2D eigenvalue weighted by Crippen LogP contribution is 2.34. The minimum Gasteiger partial charge on any atom is -0.349 e. The molecule has 3 fully saturated rings. The van der Waals surface area contributed by atoms with Gasteiger partial charge in [-0.2, -0.15) is 18.3 Å². The van der Waals surface area contributed by atoms with Gasteiger partial charge < -0.3 is 5.32 Å². The molecule has 48 heavy (non-hydrogen) atoms. The summed E-state index contributed by atoms with van der Waals surface area (Å²) in [4.78, 5) is 36.2. The molecular weight excluding hydrogens is 647 g/mol.